The Bertz CT molecular complexity index is 510. The lowest BCUT2D eigenvalue weighted by molar-refractivity contribution is -0.179. The maximum absolute atomic E-state index is 12.7. The topological polar surface area (TPSA) is 57.3 Å². The predicted molar refractivity (Wildman–Crippen MR) is 82.5 cm³/mol. The molecule has 0 radical (unpaired) electrons. The summed E-state index contributed by atoms with van der Waals surface area (Å²) in [5, 5.41) is 5.34. The van der Waals surface area contributed by atoms with Crippen molar-refractivity contribution in [1.82, 2.24) is 10.3 Å². The number of urea groups is 1. The van der Waals surface area contributed by atoms with Crippen LogP contribution in [0.2, 0.25) is 0 Å². The van der Waals surface area contributed by atoms with Crippen molar-refractivity contribution in [2.24, 2.45) is 5.92 Å². The fourth-order valence-corrected chi connectivity index (χ4v) is 2.50. The molecule has 0 spiro atoms. The summed E-state index contributed by atoms with van der Waals surface area (Å²) in [4.78, 5) is 17.6. The molecule has 2 heterocycles. The second-order valence-corrected chi connectivity index (χ2v) is 5.59. The summed E-state index contributed by atoms with van der Waals surface area (Å²) in [6.07, 6.45) is -1.58. The van der Waals surface area contributed by atoms with Crippen LogP contribution in [-0.2, 0) is 0 Å². The average molecular weight is 330 g/mol. The molecule has 0 atom stereocenters. The van der Waals surface area contributed by atoms with Crippen LogP contribution in [-0.4, -0.2) is 36.8 Å². The number of nitrogens with one attached hydrogen (secondary N) is 2. The van der Waals surface area contributed by atoms with Gasteiger partial charge in [0.2, 0.25) is 0 Å². The van der Waals surface area contributed by atoms with Crippen LogP contribution in [0.4, 0.5) is 29.5 Å². The van der Waals surface area contributed by atoms with Gasteiger partial charge < -0.3 is 15.5 Å². The molecule has 0 unspecified atom stereocenters. The lowest BCUT2D eigenvalue weighted by Gasteiger charge is -2.33. The van der Waals surface area contributed by atoms with Gasteiger partial charge in [0.05, 0.1) is 17.8 Å². The first-order valence-electron chi connectivity index (χ1n) is 7.72. The first kappa shape index (κ1) is 17.4. The molecule has 0 bridgehead atoms. The third-order valence-corrected chi connectivity index (χ3v) is 3.82. The van der Waals surface area contributed by atoms with E-state index in [1.807, 2.05) is 11.8 Å². The largest absolute Gasteiger partial charge is 0.391 e. The van der Waals surface area contributed by atoms with E-state index in [0.29, 0.717) is 31.1 Å². The number of hydrogen-bond acceptors (Lipinski definition) is 3. The molecule has 1 aromatic rings. The highest BCUT2D eigenvalue weighted by Gasteiger charge is 2.41. The van der Waals surface area contributed by atoms with Gasteiger partial charge in [-0.15, -0.1) is 0 Å². The molecule has 1 aliphatic heterocycles. The Morgan fingerprint density at radius 1 is 1.35 bits per heavy atom. The summed E-state index contributed by atoms with van der Waals surface area (Å²) in [7, 11) is 0. The SMILES string of the molecule is CCCNC(=O)Nc1ccc(N2CCC(C(F)(F)F)CC2)nc1. The van der Waals surface area contributed by atoms with Crippen molar-refractivity contribution in [3.05, 3.63) is 18.3 Å². The number of anilines is 2. The van der Waals surface area contributed by atoms with E-state index in [-0.39, 0.29) is 18.9 Å². The van der Waals surface area contributed by atoms with Gasteiger partial charge in [0.15, 0.2) is 0 Å². The first-order chi connectivity index (χ1) is 10.9. The number of amides is 2. The number of alkyl halides is 3. The van der Waals surface area contributed by atoms with E-state index < -0.39 is 12.1 Å². The molecular weight excluding hydrogens is 309 g/mol. The van der Waals surface area contributed by atoms with Crippen molar-refractivity contribution < 1.29 is 18.0 Å². The maximum Gasteiger partial charge on any atom is 0.391 e. The zero-order valence-electron chi connectivity index (χ0n) is 13.0. The number of carbonyl (C=O) groups is 1. The summed E-state index contributed by atoms with van der Waals surface area (Å²) in [5.74, 6) is -0.591. The molecule has 1 fully saturated rings. The molecule has 128 valence electrons. The van der Waals surface area contributed by atoms with Crippen molar-refractivity contribution in [1.29, 1.82) is 0 Å². The highest BCUT2D eigenvalue weighted by molar-refractivity contribution is 5.89. The van der Waals surface area contributed by atoms with E-state index in [4.69, 9.17) is 0 Å². The zero-order chi connectivity index (χ0) is 16.9. The number of carbonyl (C=O) groups excluding carboxylic acids is 1. The van der Waals surface area contributed by atoms with Crippen LogP contribution >= 0.6 is 0 Å². The minimum absolute atomic E-state index is 0.0879. The number of hydrogen-bond donors (Lipinski definition) is 2. The van der Waals surface area contributed by atoms with E-state index in [0.717, 1.165) is 6.42 Å². The number of pyridine rings is 1. The summed E-state index contributed by atoms with van der Waals surface area (Å²) in [6, 6.07) is 3.11. The van der Waals surface area contributed by atoms with Gasteiger partial charge in [0.1, 0.15) is 5.82 Å². The number of nitrogens with zero attached hydrogens (tertiary/aromatic N) is 2. The molecule has 2 N–H and O–H groups in total. The molecule has 5 nitrogen and oxygen atoms in total. The summed E-state index contributed by atoms with van der Waals surface area (Å²) in [6.45, 7) is 3.21. The van der Waals surface area contributed by atoms with E-state index >= 15 is 0 Å². The van der Waals surface area contributed by atoms with Gasteiger partial charge in [-0.05, 0) is 31.4 Å². The van der Waals surface area contributed by atoms with Crippen LogP contribution in [0, 0.1) is 5.92 Å². The first-order valence-corrected chi connectivity index (χ1v) is 7.72. The lowest BCUT2D eigenvalue weighted by Crippen LogP contribution is -2.39. The third kappa shape index (κ3) is 5.01. The molecule has 0 aliphatic carbocycles. The molecule has 23 heavy (non-hydrogen) atoms. The van der Waals surface area contributed by atoms with Crippen LogP contribution in [0.25, 0.3) is 0 Å². The Morgan fingerprint density at radius 3 is 2.57 bits per heavy atom. The van der Waals surface area contributed by atoms with Gasteiger partial charge in [-0.25, -0.2) is 9.78 Å². The fourth-order valence-electron chi connectivity index (χ4n) is 2.50. The normalized spacial score (nSPS) is 16.3. The Morgan fingerprint density at radius 2 is 2.04 bits per heavy atom. The molecule has 1 aromatic heterocycles. The molecule has 2 rings (SSSR count). The van der Waals surface area contributed by atoms with Gasteiger partial charge in [0.25, 0.3) is 0 Å². The number of piperidine rings is 1. The van der Waals surface area contributed by atoms with Crippen LogP contribution in [0.1, 0.15) is 26.2 Å². The predicted octanol–water partition coefficient (Wildman–Crippen LogP) is 3.39. The second-order valence-electron chi connectivity index (χ2n) is 5.59. The van der Waals surface area contributed by atoms with Gasteiger partial charge in [-0.3, -0.25) is 0 Å². The monoisotopic (exact) mass is 330 g/mol. The molecule has 1 aliphatic rings. The zero-order valence-corrected chi connectivity index (χ0v) is 13.0. The van der Waals surface area contributed by atoms with E-state index in [2.05, 4.69) is 15.6 Å². The van der Waals surface area contributed by atoms with E-state index in [1.54, 1.807) is 12.1 Å². The number of aromatic nitrogens is 1. The van der Waals surface area contributed by atoms with Crippen LogP contribution in [0.3, 0.4) is 0 Å². The van der Waals surface area contributed by atoms with Crippen molar-refractivity contribution in [2.45, 2.75) is 32.4 Å². The minimum atomic E-state index is -4.11. The highest BCUT2D eigenvalue weighted by Crippen LogP contribution is 2.35. The Hall–Kier alpha value is -1.99. The van der Waals surface area contributed by atoms with Gasteiger partial charge >= 0.3 is 12.2 Å². The van der Waals surface area contributed by atoms with Gasteiger partial charge in [-0.1, -0.05) is 6.92 Å². The summed E-state index contributed by atoms with van der Waals surface area (Å²) >= 11 is 0. The van der Waals surface area contributed by atoms with Crippen LogP contribution in [0.15, 0.2) is 18.3 Å². The third-order valence-electron chi connectivity index (χ3n) is 3.82. The van der Waals surface area contributed by atoms with Crippen molar-refractivity contribution in [2.75, 3.05) is 29.9 Å². The molecule has 0 aromatic carbocycles. The van der Waals surface area contributed by atoms with Gasteiger partial charge in [0, 0.05) is 19.6 Å². The molecule has 8 heteroatoms. The van der Waals surface area contributed by atoms with E-state index in [9.17, 15) is 18.0 Å². The van der Waals surface area contributed by atoms with Crippen LogP contribution < -0.4 is 15.5 Å². The number of halogens is 3. The van der Waals surface area contributed by atoms with E-state index in [1.165, 1.54) is 6.20 Å². The Kier molecular flexibility index (Phi) is 5.68. The average Bonchev–Trinajstić information content (AvgIpc) is 2.53. The number of rotatable bonds is 4. The highest BCUT2D eigenvalue weighted by atomic mass is 19.4. The Labute approximate surface area is 133 Å². The lowest BCUT2D eigenvalue weighted by atomic mass is 9.96. The summed E-state index contributed by atoms with van der Waals surface area (Å²) in [5.41, 5.74) is 0.549. The smallest absolute Gasteiger partial charge is 0.357 e. The quantitative estimate of drug-likeness (QED) is 0.890. The van der Waals surface area contributed by atoms with Crippen molar-refractivity contribution in [3.63, 3.8) is 0 Å². The maximum atomic E-state index is 12.7. The van der Waals surface area contributed by atoms with Crippen LogP contribution in [0.5, 0.6) is 0 Å². The molecule has 1 saturated heterocycles. The standard InChI is InChI=1S/C15H21F3N4O/c1-2-7-19-14(23)21-12-3-4-13(20-10-12)22-8-5-11(6-9-22)15(16,17)18/h3-4,10-11H,2,5-9H2,1H3,(H2,19,21,23). The van der Waals surface area contributed by atoms with Crippen molar-refractivity contribution >= 4 is 17.5 Å². The fraction of sp³-hybridized carbons (Fsp3) is 0.600. The molecule has 0 saturated carbocycles. The van der Waals surface area contributed by atoms with Gasteiger partial charge in [-0.2, -0.15) is 13.2 Å². The molecule has 2 amide bonds. The Balaban J connectivity index is 1.87. The second kappa shape index (κ2) is 7.52. The summed E-state index contributed by atoms with van der Waals surface area (Å²) < 4.78 is 38.0. The van der Waals surface area contributed by atoms with Crippen molar-refractivity contribution in [3.8, 4) is 0 Å². The minimum Gasteiger partial charge on any atom is -0.357 e. The molecular formula is C15H21F3N4O.